The number of halogens is 3. The van der Waals surface area contributed by atoms with Gasteiger partial charge < -0.3 is 29.5 Å². The molecule has 3 heterocycles. The van der Waals surface area contributed by atoms with Crippen molar-refractivity contribution in [1.82, 2.24) is 5.32 Å². The van der Waals surface area contributed by atoms with Crippen LogP contribution in [0, 0.1) is 5.92 Å². The SMILES string of the molecule is CS(=O)(=O)c1ccccc1C(=O)NCCC[N+]12CCC(CC1)[C@@H](OC(=O)C(O)(c1ccccc1)c1ccccc1)C2.O=C([O-])C(F)(F)F. The van der Waals surface area contributed by atoms with E-state index >= 15 is 0 Å². The van der Waals surface area contributed by atoms with E-state index in [4.69, 9.17) is 14.6 Å². The number of fused-ring (bicyclic) bond motifs is 3. The fourth-order valence-electron chi connectivity index (χ4n) is 6.34. The number of ether oxygens (including phenoxy) is 1. The molecule has 258 valence electrons. The van der Waals surface area contributed by atoms with Crippen molar-refractivity contribution in [3.05, 3.63) is 102 Å². The molecule has 3 aromatic carbocycles. The number of rotatable bonds is 10. The predicted molar refractivity (Wildman–Crippen MR) is 166 cm³/mol. The molecule has 14 heteroatoms. The van der Waals surface area contributed by atoms with Gasteiger partial charge in [0.15, 0.2) is 15.9 Å². The molecule has 3 aliphatic heterocycles. The van der Waals surface area contributed by atoms with E-state index in [1.165, 1.54) is 12.1 Å². The quantitative estimate of drug-likeness (QED) is 0.187. The summed E-state index contributed by atoms with van der Waals surface area (Å²) in [5.41, 5.74) is -0.826. The number of carboxylic acids is 1. The number of benzene rings is 3. The van der Waals surface area contributed by atoms with Crippen molar-refractivity contribution < 1.29 is 55.4 Å². The minimum atomic E-state index is -5.19. The molecule has 3 fully saturated rings. The summed E-state index contributed by atoms with van der Waals surface area (Å²) < 4.78 is 62.6. The van der Waals surface area contributed by atoms with Crippen LogP contribution in [0.5, 0.6) is 0 Å². The Morgan fingerprint density at radius 2 is 1.42 bits per heavy atom. The second-order valence-corrected chi connectivity index (χ2v) is 14.1. The van der Waals surface area contributed by atoms with Gasteiger partial charge in [-0.1, -0.05) is 72.8 Å². The van der Waals surface area contributed by atoms with Gasteiger partial charge in [-0.2, -0.15) is 13.2 Å². The van der Waals surface area contributed by atoms with Gasteiger partial charge in [0.25, 0.3) is 5.91 Å². The van der Waals surface area contributed by atoms with E-state index in [9.17, 15) is 36.3 Å². The zero-order valence-electron chi connectivity index (χ0n) is 26.2. The van der Waals surface area contributed by atoms with Gasteiger partial charge in [-0.05, 0) is 23.3 Å². The topological polar surface area (TPSA) is 150 Å². The molecule has 2 bridgehead atoms. The molecule has 0 saturated carbocycles. The molecule has 0 aliphatic carbocycles. The van der Waals surface area contributed by atoms with Crippen molar-refractivity contribution in [3.63, 3.8) is 0 Å². The van der Waals surface area contributed by atoms with E-state index in [1.807, 2.05) is 12.1 Å². The van der Waals surface area contributed by atoms with Crippen molar-refractivity contribution in [2.24, 2.45) is 5.92 Å². The minimum Gasteiger partial charge on any atom is -0.542 e. The zero-order chi connectivity index (χ0) is 35.2. The summed E-state index contributed by atoms with van der Waals surface area (Å²) in [5, 5.41) is 23.5. The second kappa shape index (κ2) is 14.9. The Bertz CT molecular complexity index is 1650. The number of piperidine rings is 3. The number of hydrogen-bond donors (Lipinski definition) is 2. The van der Waals surface area contributed by atoms with Gasteiger partial charge in [-0.15, -0.1) is 0 Å². The van der Waals surface area contributed by atoms with E-state index < -0.39 is 39.5 Å². The largest absolute Gasteiger partial charge is 0.542 e. The lowest BCUT2D eigenvalue weighted by atomic mass is 9.82. The molecular formula is C34H37F3N2O8S. The molecule has 2 N–H and O–H groups in total. The Morgan fingerprint density at radius 3 is 1.92 bits per heavy atom. The van der Waals surface area contributed by atoms with Crippen molar-refractivity contribution in [2.75, 3.05) is 39.0 Å². The second-order valence-electron chi connectivity index (χ2n) is 12.1. The number of alkyl halides is 3. The zero-order valence-corrected chi connectivity index (χ0v) is 27.0. The van der Waals surface area contributed by atoms with Gasteiger partial charge >= 0.3 is 12.1 Å². The summed E-state index contributed by atoms with van der Waals surface area (Å²) in [6.07, 6.45) is -1.84. The Kier molecular flexibility index (Phi) is 11.3. The Labute approximate surface area is 276 Å². The van der Waals surface area contributed by atoms with E-state index in [-0.39, 0.29) is 22.5 Å². The number of carboxylic acid groups (broad SMARTS) is 1. The summed E-state index contributed by atoms with van der Waals surface area (Å²) in [4.78, 5) is 35.3. The highest BCUT2D eigenvalue weighted by Gasteiger charge is 2.50. The molecule has 0 unspecified atom stereocenters. The van der Waals surface area contributed by atoms with E-state index in [1.54, 1.807) is 60.7 Å². The number of quaternary nitrogens is 1. The van der Waals surface area contributed by atoms with Gasteiger partial charge in [-0.25, -0.2) is 13.2 Å². The average Bonchev–Trinajstić information content (AvgIpc) is 3.07. The third-order valence-corrected chi connectivity index (χ3v) is 9.99. The number of aliphatic carboxylic acids is 1. The number of nitrogens with one attached hydrogen (secondary N) is 1. The van der Waals surface area contributed by atoms with Gasteiger partial charge in [0.2, 0.25) is 5.60 Å². The van der Waals surface area contributed by atoms with E-state index in [0.29, 0.717) is 30.6 Å². The highest BCUT2D eigenvalue weighted by molar-refractivity contribution is 7.90. The smallest absolute Gasteiger partial charge is 0.430 e. The standard InChI is InChI=1S/C32H36N2O6S.C2HF3O2/c1-41(38,39)29-16-9-8-15-27(29)30(35)33-19-10-20-34-21-17-24(18-22-34)28(23-34)40-31(36)32(37,25-11-4-2-5-12-25)26-13-6-3-7-14-26;3-2(4,5)1(6)7/h2-9,11-16,24,28,37H,10,17-23H2,1H3;(H,6,7)/t24?,28-,34?;/m0./s1. The third kappa shape index (κ3) is 8.60. The van der Waals surface area contributed by atoms with Gasteiger partial charge in [0.05, 0.1) is 30.1 Å². The summed E-state index contributed by atoms with van der Waals surface area (Å²) in [6, 6.07) is 24.0. The molecule has 6 rings (SSSR count). The van der Waals surface area contributed by atoms with Gasteiger partial charge in [-0.3, -0.25) is 4.79 Å². The van der Waals surface area contributed by atoms with Crippen LogP contribution < -0.4 is 10.4 Å². The van der Waals surface area contributed by atoms with E-state index in [2.05, 4.69) is 5.32 Å². The molecule has 3 aliphatic rings. The molecule has 0 spiro atoms. The first-order chi connectivity index (χ1) is 22.6. The number of carbonyl (C=O) groups excluding carboxylic acids is 3. The number of esters is 1. The number of hydrogen-bond acceptors (Lipinski definition) is 8. The van der Waals surface area contributed by atoms with Crippen LogP contribution in [0.25, 0.3) is 0 Å². The summed E-state index contributed by atoms with van der Waals surface area (Å²) >= 11 is 0. The first kappa shape index (κ1) is 36.6. The highest BCUT2D eigenvalue weighted by Crippen LogP contribution is 2.38. The fourth-order valence-corrected chi connectivity index (χ4v) is 7.23. The summed E-state index contributed by atoms with van der Waals surface area (Å²) in [7, 11) is -3.52. The van der Waals surface area contributed by atoms with Gasteiger partial charge in [0.1, 0.15) is 12.5 Å². The molecule has 48 heavy (non-hydrogen) atoms. The van der Waals surface area contributed by atoms with Crippen LogP contribution in [0.15, 0.2) is 89.8 Å². The summed E-state index contributed by atoms with van der Waals surface area (Å²) in [6.45, 7) is 3.83. The Hall–Kier alpha value is -4.27. The maximum Gasteiger partial charge on any atom is 0.430 e. The van der Waals surface area contributed by atoms with Crippen LogP contribution in [-0.4, -0.2) is 87.1 Å². The third-order valence-electron chi connectivity index (χ3n) is 8.84. The molecule has 0 radical (unpaired) electrons. The van der Waals surface area contributed by atoms with Crippen LogP contribution in [0.2, 0.25) is 0 Å². The van der Waals surface area contributed by atoms with Crippen LogP contribution in [0.4, 0.5) is 13.2 Å². The van der Waals surface area contributed by atoms with Crippen LogP contribution in [0.3, 0.4) is 0 Å². The normalized spacial score (nSPS) is 20.6. The molecule has 10 nitrogen and oxygen atoms in total. The Morgan fingerprint density at radius 1 is 0.917 bits per heavy atom. The maximum absolute atomic E-state index is 13.7. The number of carbonyl (C=O) groups is 3. The lowest BCUT2D eigenvalue weighted by Crippen LogP contribution is -2.65. The molecule has 3 saturated heterocycles. The molecule has 1 amide bonds. The Balaban J connectivity index is 0.000000671. The van der Waals surface area contributed by atoms with Crippen LogP contribution >= 0.6 is 0 Å². The predicted octanol–water partition coefficient (Wildman–Crippen LogP) is 2.60. The fraction of sp³-hybridized carbons (Fsp3) is 0.382. The van der Waals surface area contributed by atoms with E-state index in [0.717, 1.165) is 43.2 Å². The molecule has 0 aromatic heterocycles. The van der Waals surface area contributed by atoms with Crippen LogP contribution in [-0.2, 0) is 29.8 Å². The van der Waals surface area contributed by atoms with Crippen LogP contribution in [0.1, 0.15) is 40.7 Å². The maximum atomic E-state index is 13.7. The highest BCUT2D eigenvalue weighted by atomic mass is 32.2. The number of sulfone groups is 1. The molecular weight excluding hydrogens is 653 g/mol. The number of amides is 1. The lowest BCUT2D eigenvalue weighted by Gasteiger charge is -2.52. The van der Waals surface area contributed by atoms with Crippen molar-refractivity contribution in [2.45, 2.75) is 42.0 Å². The van der Waals surface area contributed by atoms with Gasteiger partial charge in [0, 0.05) is 38.0 Å². The molecule has 1 atom stereocenters. The lowest BCUT2D eigenvalue weighted by molar-refractivity contribution is -0.946. The number of aliphatic hydroxyl groups is 1. The van der Waals surface area contributed by atoms with Crippen molar-refractivity contribution in [1.29, 1.82) is 0 Å². The average molecular weight is 691 g/mol. The van der Waals surface area contributed by atoms with Crippen molar-refractivity contribution >= 4 is 27.7 Å². The first-order valence-corrected chi connectivity index (χ1v) is 17.2. The monoisotopic (exact) mass is 690 g/mol. The number of nitrogens with zero attached hydrogens (tertiary/aromatic N) is 1. The van der Waals surface area contributed by atoms with Crippen molar-refractivity contribution in [3.8, 4) is 0 Å². The first-order valence-electron chi connectivity index (χ1n) is 15.3. The summed E-state index contributed by atoms with van der Waals surface area (Å²) in [5.74, 6) is -3.82. The molecule has 3 aromatic rings. The minimum absolute atomic E-state index is 0.0214.